The zero-order valence-electron chi connectivity index (χ0n) is 12.2. The standard InChI is InChI=1S/C16H19FN2O2/c1-11-9-19(10-12(2)21-11)16(20)14-6-5-13(4-3-7-18)8-15(14)17/h5-6,8,11-12H,7,9-10,18H2,1-2H3/t11-,12+. The first-order chi connectivity index (χ1) is 10.0. The highest BCUT2D eigenvalue weighted by Crippen LogP contribution is 2.17. The third kappa shape index (κ3) is 3.81. The van der Waals surface area contributed by atoms with E-state index in [0.29, 0.717) is 18.7 Å². The van der Waals surface area contributed by atoms with Gasteiger partial charge in [0.25, 0.3) is 5.91 Å². The molecule has 5 heteroatoms. The van der Waals surface area contributed by atoms with Crippen molar-refractivity contribution < 1.29 is 13.9 Å². The van der Waals surface area contributed by atoms with Crippen molar-refractivity contribution in [1.82, 2.24) is 4.90 Å². The molecule has 1 fully saturated rings. The number of benzene rings is 1. The van der Waals surface area contributed by atoms with E-state index in [0.717, 1.165) is 0 Å². The van der Waals surface area contributed by atoms with Gasteiger partial charge in [-0.3, -0.25) is 4.79 Å². The third-order valence-electron chi connectivity index (χ3n) is 3.24. The first-order valence-corrected chi connectivity index (χ1v) is 6.94. The van der Waals surface area contributed by atoms with Crippen LogP contribution in [0.25, 0.3) is 0 Å². The minimum atomic E-state index is -0.560. The van der Waals surface area contributed by atoms with Crippen LogP contribution in [0.3, 0.4) is 0 Å². The van der Waals surface area contributed by atoms with E-state index in [1.54, 1.807) is 11.0 Å². The number of nitrogens with zero attached hydrogens (tertiary/aromatic N) is 1. The van der Waals surface area contributed by atoms with Crippen LogP contribution in [0, 0.1) is 17.7 Å². The molecular weight excluding hydrogens is 271 g/mol. The molecular formula is C16H19FN2O2. The van der Waals surface area contributed by atoms with Crippen molar-refractivity contribution in [3.05, 3.63) is 35.1 Å². The Labute approximate surface area is 124 Å². The Kier molecular flexibility index (Phi) is 4.94. The molecule has 0 spiro atoms. The molecule has 21 heavy (non-hydrogen) atoms. The van der Waals surface area contributed by atoms with Crippen LogP contribution in [0.1, 0.15) is 29.8 Å². The van der Waals surface area contributed by atoms with E-state index in [4.69, 9.17) is 10.5 Å². The zero-order chi connectivity index (χ0) is 15.4. The Hall–Kier alpha value is -1.90. The number of hydrogen-bond donors (Lipinski definition) is 1. The second-order valence-corrected chi connectivity index (χ2v) is 5.17. The summed E-state index contributed by atoms with van der Waals surface area (Å²) >= 11 is 0. The summed E-state index contributed by atoms with van der Waals surface area (Å²) in [5, 5.41) is 0. The van der Waals surface area contributed by atoms with Gasteiger partial charge in [-0.1, -0.05) is 11.8 Å². The van der Waals surface area contributed by atoms with Crippen LogP contribution in [0.15, 0.2) is 18.2 Å². The maximum atomic E-state index is 14.1. The lowest BCUT2D eigenvalue weighted by Crippen LogP contribution is -2.48. The molecule has 112 valence electrons. The van der Waals surface area contributed by atoms with Gasteiger partial charge in [0.05, 0.1) is 24.3 Å². The van der Waals surface area contributed by atoms with Gasteiger partial charge in [-0.05, 0) is 32.0 Å². The van der Waals surface area contributed by atoms with Gasteiger partial charge in [0.1, 0.15) is 5.82 Å². The molecule has 0 aliphatic carbocycles. The van der Waals surface area contributed by atoms with Gasteiger partial charge >= 0.3 is 0 Å². The number of amides is 1. The fraction of sp³-hybridized carbons (Fsp3) is 0.438. The Bertz CT molecular complexity index is 582. The molecule has 0 bridgehead atoms. The number of carbonyl (C=O) groups is 1. The maximum Gasteiger partial charge on any atom is 0.257 e. The number of hydrogen-bond acceptors (Lipinski definition) is 3. The van der Waals surface area contributed by atoms with Crippen molar-refractivity contribution in [3.8, 4) is 11.8 Å². The minimum absolute atomic E-state index is 0.0459. The summed E-state index contributed by atoms with van der Waals surface area (Å²) in [6.45, 7) is 4.95. The summed E-state index contributed by atoms with van der Waals surface area (Å²) in [6.07, 6.45) is -0.0917. The molecule has 1 aromatic rings. The Morgan fingerprint density at radius 2 is 2.10 bits per heavy atom. The second kappa shape index (κ2) is 6.70. The molecule has 4 nitrogen and oxygen atoms in total. The highest BCUT2D eigenvalue weighted by atomic mass is 19.1. The molecule has 0 radical (unpaired) electrons. The van der Waals surface area contributed by atoms with E-state index in [1.165, 1.54) is 12.1 Å². The van der Waals surface area contributed by atoms with E-state index in [2.05, 4.69) is 11.8 Å². The number of halogens is 1. The Morgan fingerprint density at radius 3 is 2.67 bits per heavy atom. The molecule has 2 rings (SSSR count). The summed E-state index contributed by atoms with van der Waals surface area (Å²) < 4.78 is 19.7. The van der Waals surface area contributed by atoms with Gasteiger partial charge in [-0.25, -0.2) is 4.39 Å². The molecule has 0 saturated carbocycles. The van der Waals surface area contributed by atoms with Crippen molar-refractivity contribution >= 4 is 5.91 Å². The number of ether oxygens (including phenoxy) is 1. The Balaban J connectivity index is 2.19. The summed E-state index contributed by atoms with van der Waals surface area (Å²) in [7, 11) is 0. The quantitative estimate of drug-likeness (QED) is 0.795. The van der Waals surface area contributed by atoms with Crippen molar-refractivity contribution in [2.24, 2.45) is 5.73 Å². The highest BCUT2D eigenvalue weighted by Gasteiger charge is 2.27. The van der Waals surface area contributed by atoms with Gasteiger partial charge in [-0.15, -0.1) is 0 Å². The molecule has 1 amide bonds. The lowest BCUT2D eigenvalue weighted by atomic mass is 10.1. The molecule has 1 aliphatic rings. The molecule has 1 heterocycles. The fourth-order valence-electron chi connectivity index (χ4n) is 2.43. The van der Waals surface area contributed by atoms with Crippen molar-refractivity contribution in [3.63, 3.8) is 0 Å². The summed E-state index contributed by atoms with van der Waals surface area (Å²) in [4.78, 5) is 14.0. The number of carbonyl (C=O) groups excluding carboxylic acids is 1. The van der Waals surface area contributed by atoms with Crippen LogP contribution < -0.4 is 5.73 Å². The third-order valence-corrected chi connectivity index (χ3v) is 3.24. The lowest BCUT2D eigenvalue weighted by Gasteiger charge is -2.35. The maximum absolute atomic E-state index is 14.1. The van der Waals surface area contributed by atoms with Crippen LogP contribution >= 0.6 is 0 Å². The largest absolute Gasteiger partial charge is 0.372 e. The fourth-order valence-corrected chi connectivity index (χ4v) is 2.43. The predicted molar refractivity (Wildman–Crippen MR) is 78.2 cm³/mol. The van der Waals surface area contributed by atoms with Gasteiger partial charge < -0.3 is 15.4 Å². The van der Waals surface area contributed by atoms with E-state index in [9.17, 15) is 9.18 Å². The zero-order valence-corrected chi connectivity index (χ0v) is 12.2. The molecule has 1 saturated heterocycles. The van der Waals surface area contributed by atoms with Gasteiger partial charge in [0, 0.05) is 18.7 Å². The average molecular weight is 290 g/mol. The number of nitrogens with two attached hydrogens (primary N) is 1. The van der Waals surface area contributed by atoms with Crippen molar-refractivity contribution in [1.29, 1.82) is 0 Å². The van der Waals surface area contributed by atoms with Crippen molar-refractivity contribution in [2.75, 3.05) is 19.6 Å². The highest BCUT2D eigenvalue weighted by molar-refractivity contribution is 5.94. The second-order valence-electron chi connectivity index (χ2n) is 5.17. The van der Waals surface area contributed by atoms with E-state index >= 15 is 0 Å². The molecule has 1 aliphatic heterocycles. The van der Waals surface area contributed by atoms with Crippen LogP contribution in [0.4, 0.5) is 4.39 Å². The van der Waals surface area contributed by atoms with Gasteiger partial charge in [-0.2, -0.15) is 0 Å². The van der Waals surface area contributed by atoms with E-state index in [1.807, 2.05) is 13.8 Å². The van der Waals surface area contributed by atoms with E-state index < -0.39 is 5.82 Å². The topological polar surface area (TPSA) is 55.6 Å². The summed E-state index contributed by atoms with van der Waals surface area (Å²) in [5.41, 5.74) is 5.85. The van der Waals surface area contributed by atoms with Crippen molar-refractivity contribution in [2.45, 2.75) is 26.1 Å². The monoisotopic (exact) mass is 290 g/mol. The van der Waals surface area contributed by atoms with Crippen LogP contribution in [-0.2, 0) is 4.74 Å². The first kappa shape index (κ1) is 15.5. The van der Waals surface area contributed by atoms with Crippen LogP contribution in [0.5, 0.6) is 0 Å². The predicted octanol–water partition coefficient (Wildman–Crippen LogP) is 1.39. The SMILES string of the molecule is C[C@@H]1CN(C(=O)c2ccc(C#CCN)cc2F)C[C@H](C)O1. The van der Waals surface area contributed by atoms with E-state index in [-0.39, 0.29) is 30.2 Å². The normalized spacial score (nSPS) is 21.6. The van der Waals surface area contributed by atoms with Gasteiger partial charge in [0.15, 0.2) is 0 Å². The number of morpholine rings is 1. The molecule has 1 aromatic carbocycles. The number of rotatable bonds is 1. The Morgan fingerprint density at radius 1 is 1.43 bits per heavy atom. The van der Waals surface area contributed by atoms with Crippen LogP contribution in [0.2, 0.25) is 0 Å². The molecule has 2 atom stereocenters. The average Bonchev–Trinajstić information content (AvgIpc) is 2.43. The molecule has 0 aromatic heterocycles. The smallest absolute Gasteiger partial charge is 0.257 e. The lowest BCUT2D eigenvalue weighted by molar-refractivity contribution is -0.0587. The van der Waals surface area contributed by atoms with Crippen LogP contribution in [-0.4, -0.2) is 42.6 Å². The minimum Gasteiger partial charge on any atom is -0.372 e. The summed E-state index contributed by atoms with van der Waals surface area (Å²) in [6, 6.07) is 4.37. The molecule has 2 N–H and O–H groups in total. The summed E-state index contributed by atoms with van der Waals surface area (Å²) in [5.74, 6) is 4.53. The molecule has 0 unspecified atom stereocenters. The van der Waals surface area contributed by atoms with Gasteiger partial charge in [0.2, 0.25) is 0 Å². The first-order valence-electron chi connectivity index (χ1n) is 6.94.